The maximum atomic E-state index is 13.1. The fourth-order valence-corrected chi connectivity index (χ4v) is 14.9. The molecule has 6 atom stereocenters. The van der Waals surface area contributed by atoms with Crippen LogP contribution in [0.25, 0.3) is 0 Å². The van der Waals surface area contributed by atoms with Crippen LogP contribution in [0.5, 0.6) is 0 Å². The van der Waals surface area contributed by atoms with E-state index in [0.717, 1.165) is 108 Å². The van der Waals surface area contributed by atoms with Crippen LogP contribution in [-0.2, 0) is 65.4 Å². The first-order valence-electron chi connectivity index (χ1n) is 44.4. The second-order valence-electron chi connectivity index (χ2n) is 32.1. The van der Waals surface area contributed by atoms with Crippen LogP contribution in [0, 0.1) is 17.8 Å². The largest absolute Gasteiger partial charge is 0.472 e. The van der Waals surface area contributed by atoms with Crippen molar-refractivity contribution in [1.82, 2.24) is 0 Å². The number of phosphoric acid groups is 2. The fourth-order valence-electron chi connectivity index (χ4n) is 13.3. The molecule has 0 aromatic heterocycles. The number of hydrogen-bond acceptors (Lipinski definition) is 15. The summed E-state index contributed by atoms with van der Waals surface area (Å²) in [5.41, 5.74) is 0. The summed E-state index contributed by atoms with van der Waals surface area (Å²) in [4.78, 5) is 73.2. The van der Waals surface area contributed by atoms with Crippen molar-refractivity contribution in [3.63, 3.8) is 0 Å². The molecule has 17 nitrogen and oxygen atoms in total. The third-order valence-electron chi connectivity index (χ3n) is 20.5. The van der Waals surface area contributed by atoms with E-state index in [-0.39, 0.29) is 25.7 Å². The van der Waals surface area contributed by atoms with Crippen LogP contribution in [0.3, 0.4) is 0 Å². The minimum Gasteiger partial charge on any atom is -0.462 e. The number of esters is 4. The first kappa shape index (κ1) is 103. The van der Waals surface area contributed by atoms with E-state index in [4.69, 9.17) is 37.0 Å². The quantitative estimate of drug-likeness (QED) is 0.0222. The highest BCUT2D eigenvalue weighted by atomic mass is 31.2. The van der Waals surface area contributed by atoms with Gasteiger partial charge >= 0.3 is 39.5 Å². The van der Waals surface area contributed by atoms with Gasteiger partial charge in [0.05, 0.1) is 26.4 Å². The van der Waals surface area contributed by atoms with E-state index in [1.807, 2.05) is 0 Å². The van der Waals surface area contributed by atoms with E-state index in [1.54, 1.807) is 0 Å². The molecule has 0 saturated carbocycles. The van der Waals surface area contributed by atoms with Gasteiger partial charge in [-0.1, -0.05) is 402 Å². The summed E-state index contributed by atoms with van der Waals surface area (Å²) >= 11 is 0. The first-order valence-corrected chi connectivity index (χ1v) is 47.4. The number of unbranched alkanes of at least 4 members (excludes halogenated alkanes) is 51. The molecule has 0 saturated heterocycles. The van der Waals surface area contributed by atoms with Gasteiger partial charge in [-0.25, -0.2) is 9.13 Å². The Kier molecular flexibility index (Phi) is 74.7. The Balaban J connectivity index is 5.23. The van der Waals surface area contributed by atoms with Crippen LogP contribution in [-0.4, -0.2) is 96.7 Å². The summed E-state index contributed by atoms with van der Waals surface area (Å²) in [5.74, 6) is 0.227. The molecule has 3 N–H and O–H groups in total. The average Bonchev–Trinajstić information content (AvgIpc) is 0.909. The molecule has 624 valence electrons. The molecule has 0 amide bonds. The number of rotatable bonds is 84. The molecule has 0 heterocycles. The second kappa shape index (κ2) is 76.1. The van der Waals surface area contributed by atoms with Gasteiger partial charge in [-0.15, -0.1) is 0 Å². The molecular weight excluding hydrogens is 1370 g/mol. The lowest BCUT2D eigenvalue weighted by atomic mass is 9.99. The molecule has 0 fully saturated rings. The van der Waals surface area contributed by atoms with Gasteiger partial charge in [0, 0.05) is 25.7 Å². The minimum absolute atomic E-state index is 0.105. The summed E-state index contributed by atoms with van der Waals surface area (Å²) in [6, 6.07) is 0. The lowest BCUT2D eigenvalue weighted by molar-refractivity contribution is -0.161. The van der Waals surface area contributed by atoms with Crippen LogP contribution in [0.4, 0.5) is 0 Å². The Morgan fingerprint density at radius 2 is 0.486 bits per heavy atom. The zero-order chi connectivity index (χ0) is 77.2. The molecule has 0 aromatic carbocycles. The highest BCUT2D eigenvalue weighted by Crippen LogP contribution is 2.45. The average molecular weight is 1540 g/mol. The SMILES string of the molecule is CCCCCCCCCCCCCCCCCCCCCCC(=O)OC[C@H](COP(=O)(O)OC[C@@H](O)COP(=O)(O)OC[C@@H](COC(=O)CCCCCCCCCCC(C)CC)OC(=O)CCCCCCCCCCCC(C)C)OC(=O)CCCCCCCCCCCCCCCCCCCCC(C)C. The topological polar surface area (TPSA) is 237 Å². The van der Waals surface area contributed by atoms with E-state index < -0.39 is 97.5 Å². The Morgan fingerprint density at radius 1 is 0.276 bits per heavy atom. The van der Waals surface area contributed by atoms with Gasteiger partial charge in [0.1, 0.15) is 19.3 Å². The lowest BCUT2D eigenvalue weighted by Gasteiger charge is -2.21. The Labute approximate surface area is 645 Å². The summed E-state index contributed by atoms with van der Waals surface area (Å²) in [6.07, 6.45) is 66.8. The van der Waals surface area contributed by atoms with Crippen molar-refractivity contribution in [3.8, 4) is 0 Å². The van der Waals surface area contributed by atoms with Gasteiger partial charge < -0.3 is 33.8 Å². The fraction of sp³-hybridized carbons (Fsp3) is 0.953. The predicted octanol–water partition coefficient (Wildman–Crippen LogP) is 26.1. The molecule has 0 radical (unpaired) electrons. The number of phosphoric ester groups is 2. The van der Waals surface area contributed by atoms with E-state index in [2.05, 4.69) is 48.5 Å². The van der Waals surface area contributed by atoms with Crippen molar-refractivity contribution < 1.29 is 80.2 Å². The van der Waals surface area contributed by atoms with E-state index >= 15 is 0 Å². The maximum Gasteiger partial charge on any atom is 0.472 e. The number of carbonyl (C=O) groups is 4. The second-order valence-corrected chi connectivity index (χ2v) is 35.0. The normalized spacial score (nSPS) is 14.1. The van der Waals surface area contributed by atoms with E-state index in [9.17, 15) is 43.2 Å². The number of ether oxygens (including phenoxy) is 4. The Bertz CT molecular complexity index is 2030. The molecule has 0 rings (SSSR count). The van der Waals surface area contributed by atoms with Crippen LogP contribution in [0.15, 0.2) is 0 Å². The molecule has 0 aliphatic carbocycles. The number of aliphatic hydroxyl groups excluding tert-OH is 1. The van der Waals surface area contributed by atoms with Gasteiger partial charge in [0.15, 0.2) is 12.2 Å². The molecule has 105 heavy (non-hydrogen) atoms. The third kappa shape index (κ3) is 78.5. The van der Waals surface area contributed by atoms with Gasteiger partial charge in [-0.05, 0) is 43.4 Å². The number of aliphatic hydroxyl groups is 1. The molecule has 0 bridgehead atoms. The van der Waals surface area contributed by atoms with Crippen molar-refractivity contribution in [3.05, 3.63) is 0 Å². The third-order valence-corrected chi connectivity index (χ3v) is 22.4. The van der Waals surface area contributed by atoms with Gasteiger partial charge in [-0.3, -0.25) is 37.3 Å². The van der Waals surface area contributed by atoms with Crippen molar-refractivity contribution in [2.45, 2.75) is 471 Å². The van der Waals surface area contributed by atoms with Crippen LogP contribution < -0.4 is 0 Å². The standard InChI is InChI=1S/C86H168O17P2/c1-8-10-11-12-13-14-15-16-17-18-19-20-24-27-30-33-38-46-53-60-67-83(88)96-73-81(102-85(90)69-62-55-48-39-34-31-28-25-22-21-23-26-29-32-36-43-50-57-64-77(3)4)75-100-104(92,93)98-71-80(87)72-99-105(94,95)101-76-82(103-86(91)70-63-56-49-40-35-37-44-51-58-65-78(5)6)74-97-84(89)68-61-54-47-42-41-45-52-59-66-79(7)9-2/h77-82,87H,8-76H2,1-7H3,(H,92,93)(H,94,95)/t79?,80-,81-,82-/m1/s1. The maximum absolute atomic E-state index is 13.1. The molecule has 19 heteroatoms. The lowest BCUT2D eigenvalue weighted by Crippen LogP contribution is -2.30. The molecule has 3 unspecified atom stereocenters. The summed E-state index contributed by atoms with van der Waals surface area (Å²) < 4.78 is 68.9. The molecule has 0 spiro atoms. The first-order chi connectivity index (χ1) is 50.8. The van der Waals surface area contributed by atoms with Crippen molar-refractivity contribution in [2.24, 2.45) is 17.8 Å². The van der Waals surface area contributed by atoms with Crippen molar-refractivity contribution >= 4 is 39.5 Å². The van der Waals surface area contributed by atoms with Gasteiger partial charge in [-0.2, -0.15) is 0 Å². The summed E-state index contributed by atoms with van der Waals surface area (Å²) in [5, 5.41) is 10.7. The molecule has 0 aliphatic rings. The predicted molar refractivity (Wildman–Crippen MR) is 432 cm³/mol. The molecular formula is C86H168O17P2. The minimum atomic E-state index is -4.97. The Morgan fingerprint density at radius 3 is 0.724 bits per heavy atom. The van der Waals surface area contributed by atoms with E-state index in [1.165, 1.54) is 263 Å². The summed E-state index contributed by atoms with van der Waals surface area (Å²) in [7, 11) is -9.93. The van der Waals surface area contributed by atoms with Crippen LogP contribution in [0.1, 0.15) is 453 Å². The van der Waals surface area contributed by atoms with Crippen molar-refractivity contribution in [2.75, 3.05) is 39.6 Å². The van der Waals surface area contributed by atoms with Crippen LogP contribution >= 0.6 is 15.6 Å². The van der Waals surface area contributed by atoms with Crippen molar-refractivity contribution in [1.29, 1.82) is 0 Å². The Hall–Kier alpha value is -1.94. The van der Waals surface area contributed by atoms with E-state index in [0.29, 0.717) is 25.7 Å². The highest BCUT2D eigenvalue weighted by molar-refractivity contribution is 7.47. The monoisotopic (exact) mass is 1540 g/mol. The van der Waals surface area contributed by atoms with Gasteiger partial charge in [0.2, 0.25) is 0 Å². The zero-order valence-corrected chi connectivity index (χ0v) is 71.0. The van der Waals surface area contributed by atoms with Crippen LogP contribution in [0.2, 0.25) is 0 Å². The number of carbonyl (C=O) groups excluding carboxylic acids is 4. The highest BCUT2D eigenvalue weighted by Gasteiger charge is 2.30. The number of hydrogen-bond donors (Lipinski definition) is 3. The molecule has 0 aliphatic heterocycles. The molecule has 0 aromatic rings. The zero-order valence-electron chi connectivity index (χ0n) is 69.2. The van der Waals surface area contributed by atoms with Gasteiger partial charge in [0.25, 0.3) is 0 Å². The smallest absolute Gasteiger partial charge is 0.462 e. The summed E-state index contributed by atoms with van der Waals surface area (Å²) in [6.45, 7) is 12.0.